The van der Waals surface area contributed by atoms with E-state index in [4.69, 9.17) is 16.2 Å². The van der Waals surface area contributed by atoms with E-state index < -0.39 is 0 Å². The van der Waals surface area contributed by atoms with E-state index in [0.717, 1.165) is 6.54 Å². The van der Waals surface area contributed by atoms with Crippen LogP contribution in [0.2, 0.25) is 0 Å². The molecule has 1 aromatic heterocycles. The fourth-order valence-corrected chi connectivity index (χ4v) is 2.38. The summed E-state index contributed by atoms with van der Waals surface area (Å²) in [5.74, 6) is 0.691. The minimum atomic E-state index is -0.176. The number of nitrogen functional groups attached to an aromatic ring is 2. The van der Waals surface area contributed by atoms with Crippen molar-refractivity contribution in [1.82, 2.24) is 19.9 Å². The zero-order chi connectivity index (χ0) is 14.0. The summed E-state index contributed by atoms with van der Waals surface area (Å²) in [5.41, 5.74) is 11.0. The smallest absolute Gasteiger partial charge is 0.310 e. The van der Waals surface area contributed by atoms with Crippen LogP contribution in [0, 0.1) is 11.8 Å². The fraction of sp³-hybridized carbons (Fsp3) is 0.636. The van der Waals surface area contributed by atoms with E-state index >= 15 is 0 Å². The van der Waals surface area contributed by atoms with Gasteiger partial charge in [0.25, 0.3) is 0 Å². The second-order valence-electron chi connectivity index (χ2n) is 4.77. The Kier molecular flexibility index (Phi) is 3.79. The number of methoxy groups -OCH3 is 1. The fourth-order valence-electron chi connectivity index (χ4n) is 2.38. The first-order valence-corrected chi connectivity index (χ1v) is 6.05. The Balaban J connectivity index is 2.03. The summed E-state index contributed by atoms with van der Waals surface area (Å²) < 4.78 is 4.79. The third-order valence-corrected chi connectivity index (χ3v) is 3.27. The first-order chi connectivity index (χ1) is 8.99. The number of carbonyl (C=O) groups excluding carboxylic acids is 1. The number of hydrogen-bond acceptors (Lipinski definition) is 8. The van der Waals surface area contributed by atoms with E-state index in [9.17, 15) is 4.79 Å². The molecule has 19 heavy (non-hydrogen) atoms. The van der Waals surface area contributed by atoms with Gasteiger partial charge in [0, 0.05) is 13.1 Å². The Morgan fingerprint density at radius 2 is 1.95 bits per heavy atom. The Morgan fingerprint density at radius 1 is 1.32 bits per heavy atom. The minimum Gasteiger partial charge on any atom is -0.469 e. The molecule has 1 aliphatic heterocycles. The number of nitrogens with two attached hydrogens (primary N) is 2. The van der Waals surface area contributed by atoms with Crippen molar-refractivity contribution in [3.63, 3.8) is 0 Å². The van der Waals surface area contributed by atoms with Crippen LogP contribution in [0.4, 0.5) is 11.9 Å². The number of carbonyl (C=O) groups is 1. The molecule has 0 saturated carbocycles. The number of hydrogen-bond donors (Lipinski definition) is 2. The molecule has 8 nitrogen and oxygen atoms in total. The molecule has 2 rings (SSSR count). The summed E-state index contributed by atoms with van der Waals surface area (Å²) in [6, 6.07) is 0. The zero-order valence-electron chi connectivity index (χ0n) is 11.0. The van der Waals surface area contributed by atoms with Gasteiger partial charge < -0.3 is 16.2 Å². The molecule has 2 atom stereocenters. The van der Waals surface area contributed by atoms with Crippen LogP contribution in [0.1, 0.15) is 12.7 Å². The summed E-state index contributed by atoms with van der Waals surface area (Å²) in [7, 11) is 1.41. The molecule has 4 N–H and O–H groups in total. The van der Waals surface area contributed by atoms with Gasteiger partial charge in [-0.05, 0) is 5.92 Å². The topological polar surface area (TPSA) is 120 Å². The van der Waals surface area contributed by atoms with Gasteiger partial charge in [-0.15, -0.1) is 0 Å². The predicted molar refractivity (Wildman–Crippen MR) is 68.6 cm³/mol. The monoisotopic (exact) mass is 266 g/mol. The number of nitrogens with zero attached hydrogens (tertiary/aromatic N) is 4. The molecule has 8 heteroatoms. The van der Waals surface area contributed by atoms with Gasteiger partial charge in [-0.3, -0.25) is 9.69 Å². The Hall–Kier alpha value is -1.96. The van der Waals surface area contributed by atoms with Gasteiger partial charge >= 0.3 is 5.97 Å². The highest BCUT2D eigenvalue weighted by molar-refractivity contribution is 5.73. The third kappa shape index (κ3) is 3.08. The number of rotatable bonds is 3. The van der Waals surface area contributed by atoms with Crippen LogP contribution >= 0.6 is 0 Å². The van der Waals surface area contributed by atoms with Gasteiger partial charge in [0.15, 0.2) is 0 Å². The number of anilines is 2. The van der Waals surface area contributed by atoms with Crippen LogP contribution in [0.5, 0.6) is 0 Å². The molecule has 0 bridgehead atoms. The summed E-state index contributed by atoms with van der Waals surface area (Å²) in [6.07, 6.45) is 0. The van der Waals surface area contributed by atoms with Gasteiger partial charge in [0.05, 0.1) is 19.6 Å². The van der Waals surface area contributed by atoms with E-state index in [1.165, 1.54) is 7.11 Å². The molecule has 2 unspecified atom stereocenters. The molecule has 0 aromatic carbocycles. The lowest BCUT2D eigenvalue weighted by Gasteiger charge is -2.14. The normalized spacial score (nSPS) is 23.5. The number of esters is 1. The summed E-state index contributed by atoms with van der Waals surface area (Å²) in [5, 5.41) is 0. The van der Waals surface area contributed by atoms with Crippen LogP contribution in [0.25, 0.3) is 0 Å². The summed E-state index contributed by atoms with van der Waals surface area (Å²) >= 11 is 0. The van der Waals surface area contributed by atoms with Gasteiger partial charge in [0.2, 0.25) is 11.9 Å². The minimum absolute atomic E-state index is 0.110. The first kappa shape index (κ1) is 13.5. The van der Waals surface area contributed by atoms with Crippen LogP contribution in [0.3, 0.4) is 0 Å². The molecule has 2 heterocycles. The lowest BCUT2D eigenvalue weighted by Crippen LogP contribution is -2.25. The second-order valence-corrected chi connectivity index (χ2v) is 4.77. The van der Waals surface area contributed by atoms with Crippen molar-refractivity contribution >= 4 is 17.9 Å². The summed E-state index contributed by atoms with van der Waals surface area (Å²) in [6.45, 7) is 3.93. The van der Waals surface area contributed by atoms with Crippen molar-refractivity contribution in [1.29, 1.82) is 0 Å². The van der Waals surface area contributed by atoms with Gasteiger partial charge in [-0.2, -0.15) is 15.0 Å². The van der Waals surface area contributed by atoms with E-state index in [2.05, 4.69) is 19.9 Å². The molecular formula is C11H18N6O2. The average molecular weight is 266 g/mol. The van der Waals surface area contributed by atoms with Crippen molar-refractivity contribution in [2.45, 2.75) is 13.5 Å². The number of likely N-dealkylation sites (tertiary alicyclic amines) is 1. The molecule has 0 spiro atoms. The standard InChI is InChI=1S/C11H18N6O2/c1-6-3-17(4-7(6)9(18)19-2)5-8-14-10(12)16-11(13)15-8/h6-7H,3-5H2,1-2H3,(H4,12,13,14,15,16). The molecular weight excluding hydrogens is 248 g/mol. The van der Waals surface area contributed by atoms with Crippen molar-refractivity contribution < 1.29 is 9.53 Å². The van der Waals surface area contributed by atoms with Crippen LogP contribution in [-0.2, 0) is 16.1 Å². The molecule has 0 radical (unpaired) electrons. The van der Waals surface area contributed by atoms with Crippen LogP contribution < -0.4 is 11.5 Å². The number of ether oxygens (including phenoxy) is 1. The Labute approximate surface area is 111 Å². The van der Waals surface area contributed by atoms with Gasteiger partial charge in [0.1, 0.15) is 5.82 Å². The van der Waals surface area contributed by atoms with Gasteiger partial charge in [-0.25, -0.2) is 0 Å². The molecule has 1 fully saturated rings. The summed E-state index contributed by atoms with van der Waals surface area (Å²) in [4.78, 5) is 25.5. The highest BCUT2D eigenvalue weighted by atomic mass is 16.5. The highest BCUT2D eigenvalue weighted by Crippen LogP contribution is 2.25. The maximum absolute atomic E-state index is 11.6. The molecule has 0 aliphatic carbocycles. The quantitative estimate of drug-likeness (QED) is 0.687. The Bertz CT molecular complexity index is 460. The number of aromatic nitrogens is 3. The maximum Gasteiger partial charge on any atom is 0.310 e. The molecule has 104 valence electrons. The van der Waals surface area contributed by atoms with Crippen molar-refractivity contribution in [3.8, 4) is 0 Å². The van der Waals surface area contributed by atoms with E-state index in [-0.39, 0.29) is 29.7 Å². The van der Waals surface area contributed by atoms with Crippen molar-refractivity contribution in [3.05, 3.63) is 5.82 Å². The van der Waals surface area contributed by atoms with Crippen LogP contribution in [-0.4, -0.2) is 46.0 Å². The SMILES string of the molecule is COC(=O)C1CN(Cc2nc(N)nc(N)n2)CC1C. The van der Waals surface area contributed by atoms with Crippen molar-refractivity contribution in [2.24, 2.45) is 11.8 Å². The lowest BCUT2D eigenvalue weighted by molar-refractivity contribution is -0.146. The largest absolute Gasteiger partial charge is 0.469 e. The van der Waals surface area contributed by atoms with E-state index in [0.29, 0.717) is 18.9 Å². The zero-order valence-corrected chi connectivity index (χ0v) is 11.0. The molecule has 1 aliphatic rings. The average Bonchev–Trinajstić information content (AvgIpc) is 2.68. The first-order valence-electron chi connectivity index (χ1n) is 6.05. The van der Waals surface area contributed by atoms with E-state index in [1.807, 2.05) is 6.92 Å². The second kappa shape index (κ2) is 5.35. The molecule has 1 aromatic rings. The third-order valence-electron chi connectivity index (χ3n) is 3.27. The Morgan fingerprint density at radius 3 is 2.53 bits per heavy atom. The van der Waals surface area contributed by atoms with E-state index in [1.54, 1.807) is 0 Å². The predicted octanol–water partition coefficient (Wildman–Crippen LogP) is -0.723. The molecule has 1 saturated heterocycles. The van der Waals surface area contributed by atoms with Gasteiger partial charge in [-0.1, -0.05) is 6.92 Å². The molecule has 0 amide bonds. The van der Waals surface area contributed by atoms with Crippen molar-refractivity contribution in [2.75, 3.05) is 31.7 Å². The lowest BCUT2D eigenvalue weighted by atomic mass is 9.99. The highest BCUT2D eigenvalue weighted by Gasteiger charge is 2.35. The maximum atomic E-state index is 11.6. The van der Waals surface area contributed by atoms with Crippen LogP contribution in [0.15, 0.2) is 0 Å².